The predicted octanol–water partition coefficient (Wildman–Crippen LogP) is 9.89. The minimum absolute atomic E-state index is 0.170. The van der Waals surface area contributed by atoms with Gasteiger partial charge in [0.25, 0.3) is 0 Å². The molecule has 0 unspecified atom stereocenters. The van der Waals surface area contributed by atoms with Gasteiger partial charge in [-0.05, 0) is 17.3 Å². The highest BCUT2D eigenvalue weighted by Crippen LogP contribution is 2.35. The summed E-state index contributed by atoms with van der Waals surface area (Å²) in [5.41, 5.74) is 0. The Kier molecular flexibility index (Phi) is 27.1. The van der Waals surface area contributed by atoms with Crippen molar-refractivity contribution >= 4 is 30.4 Å². The molecule has 0 spiro atoms. The Morgan fingerprint density at radius 1 is 0.438 bits per heavy atom. The topological polar surface area (TPSA) is 66.8 Å². The molecule has 0 amide bonds. The Bertz CT molecular complexity index is 403. The average Bonchev–Trinajstić information content (AvgIpc) is 2.75. The van der Waals surface area contributed by atoms with E-state index in [9.17, 15) is 4.57 Å². The number of unbranched alkanes of at least 4 members (excludes halogenated alkanes) is 23. The quantitative estimate of drug-likeness (QED) is 0.0434. The summed E-state index contributed by atoms with van der Waals surface area (Å²) >= 11 is 2.48. The van der Waals surface area contributed by atoms with E-state index in [1.54, 1.807) is 0 Å². The molecule has 2 N–H and O–H groups in total. The van der Waals surface area contributed by atoms with E-state index in [4.69, 9.17) is 9.79 Å². The van der Waals surface area contributed by atoms with Crippen LogP contribution in [0.3, 0.4) is 0 Å². The van der Waals surface area contributed by atoms with Crippen LogP contribution in [0.5, 0.6) is 0 Å². The van der Waals surface area contributed by atoms with Crippen molar-refractivity contribution in [3.63, 3.8) is 0 Å². The van der Waals surface area contributed by atoms with Gasteiger partial charge in [-0.3, -0.25) is 4.52 Å². The Balaban J connectivity index is 3.03. The van der Waals surface area contributed by atoms with Crippen molar-refractivity contribution in [2.45, 2.75) is 154 Å². The zero-order valence-corrected chi connectivity index (χ0v) is 24.0. The molecular formula is C26H54IO4P. The van der Waals surface area contributed by atoms with Gasteiger partial charge < -0.3 is 9.79 Å². The first-order chi connectivity index (χ1) is 15.6. The third kappa shape index (κ3) is 30.8. The Morgan fingerprint density at radius 3 is 0.875 bits per heavy atom. The minimum atomic E-state index is -4.27. The SMILES string of the molecule is O=P(O)(O)OCCCCCCCCCCCCCCCCCCCCCCCCCCI. The molecule has 0 saturated carbocycles. The van der Waals surface area contributed by atoms with Gasteiger partial charge in [0.15, 0.2) is 0 Å². The predicted molar refractivity (Wildman–Crippen MR) is 148 cm³/mol. The summed E-state index contributed by atoms with van der Waals surface area (Å²) in [5.74, 6) is 0. The second-order valence-corrected chi connectivity index (χ2v) is 11.8. The maximum atomic E-state index is 10.5. The zero-order chi connectivity index (χ0) is 23.6. The summed E-state index contributed by atoms with van der Waals surface area (Å²) in [6, 6.07) is 0. The molecule has 0 aromatic carbocycles. The first-order valence-electron chi connectivity index (χ1n) is 13.8. The lowest BCUT2D eigenvalue weighted by molar-refractivity contribution is 0.193. The van der Waals surface area contributed by atoms with Crippen molar-refractivity contribution in [3.05, 3.63) is 0 Å². The maximum absolute atomic E-state index is 10.5. The molecule has 4 nitrogen and oxygen atoms in total. The summed E-state index contributed by atoms with van der Waals surface area (Å²) in [4.78, 5) is 17.2. The van der Waals surface area contributed by atoms with Crippen molar-refractivity contribution in [3.8, 4) is 0 Å². The first kappa shape index (κ1) is 32.8. The van der Waals surface area contributed by atoms with Crippen LogP contribution in [0.2, 0.25) is 0 Å². The lowest BCUT2D eigenvalue weighted by Gasteiger charge is -2.05. The highest BCUT2D eigenvalue weighted by molar-refractivity contribution is 14.1. The summed E-state index contributed by atoms with van der Waals surface area (Å²) in [6.45, 7) is 0.170. The van der Waals surface area contributed by atoms with Crippen molar-refractivity contribution in [2.24, 2.45) is 0 Å². The fourth-order valence-corrected chi connectivity index (χ4v) is 5.18. The van der Waals surface area contributed by atoms with Gasteiger partial charge in [-0.25, -0.2) is 4.57 Å². The van der Waals surface area contributed by atoms with E-state index in [0.717, 1.165) is 19.3 Å². The molecular weight excluding hydrogens is 534 g/mol. The standard InChI is InChI=1S/C26H54IO4P/c27-25-23-21-19-17-15-13-11-9-7-5-3-1-2-4-6-8-10-12-14-16-18-20-22-24-26-31-32(28,29)30/h1-26H2,(H2,28,29,30). The highest BCUT2D eigenvalue weighted by atomic mass is 127. The summed E-state index contributed by atoms with van der Waals surface area (Å²) in [5, 5.41) is 0. The highest BCUT2D eigenvalue weighted by Gasteiger charge is 2.12. The second kappa shape index (κ2) is 26.4. The van der Waals surface area contributed by atoms with Gasteiger partial charge >= 0.3 is 7.82 Å². The van der Waals surface area contributed by atoms with Gasteiger partial charge in [0.2, 0.25) is 0 Å². The Morgan fingerprint density at radius 2 is 0.656 bits per heavy atom. The van der Waals surface area contributed by atoms with E-state index < -0.39 is 7.82 Å². The smallest absolute Gasteiger partial charge is 0.303 e. The van der Waals surface area contributed by atoms with Crippen molar-refractivity contribution in [1.82, 2.24) is 0 Å². The van der Waals surface area contributed by atoms with E-state index in [2.05, 4.69) is 27.1 Å². The molecule has 0 bridgehead atoms. The van der Waals surface area contributed by atoms with Crippen molar-refractivity contribution in [2.75, 3.05) is 11.0 Å². The fraction of sp³-hybridized carbons (Fsp3) is 1.00. The number of rotatable bonds is 27. The molecule has 0 aromatic heterocycles. The number of hydrogen-bond donors (Lipinski definition) is 2. The monoisotopic (exact) mass is 588 g/mol. The fourth-order valence-electron chi connectivity index (χ4n) is 4.27. The molecule has 0 saturated heterocycles. The molecule has 0 heterocycles. The summed E-state index contributed by atoms with van der Waals surface area (Å²) in [7, 11) is -4.27. The van der Waals surface area contributed by atoms with Gasteiger partial charge in [-0.15, -0.1) is 0 Å². The molecule has 0 rings (SSSR count). The van der Waals surface area contributed by atoms with E-state index in [-0.39, 0.29) is 6.61 Å². The van der Waals surface area contributed by atoms with E-state index in [1.807, 2.05) is 0 Å². The van der Waals surface area contributed by atoms with E-state index in [1.165, 1.54) is 139 Å². The lowest BCUT2D eigenvalue weighted by atomic mass is 10.0. The molecule has 6 heteroatoms. The zero-order valence-electron chi connectivity index (χ0n) is 20.9. The maximum Gasteiger partial charge on any atom is 0.469 e. The average molecular weight is 589 g/mol. The van der Waals surface area contributed by atoms with Crippen LogP contribution in [-0.2, 0) is 9.09 Å². The van der Waals surface area contributed by atoms with Gasteiger partial charge in [0.05, 0.1) is 6.61 Å². The van der Waals surface area contributed by atoms with Gasteiger partial charge in [-0.1, -0.05) is 164 Å². The molecule has 32 heavy (non-hydrogen) atoms. The third-order valence-corrected chi connectivity index (χ3v) is 7.57. The lowest BCUT2D eigenvalue weighted by Crippen LogP contribution is -1.92. The Hall–Kier alpha value is 0.840. The minimum Gasteiger partial charge on any atom is -0.303 e. The summed E-state index contributed by atoms with van der Waals surface area (Å²) in [6.07, 6.45) is 32.5. The number of hydrogen-bond acceptors (Lipinski definition) is 2. The second-order valence-electron chi connectivity index (χ2n) is 9.50. The molecule has 0 aliphatic carbocycles. The number of phosphoric acid groups is 1. The van der Waals surface area contributed by atoms with E-state index in [0.29, 0.717) is 0 Å². The normalized spacial score (nSPS) is 12.0. The van der Waals surface area contributed by atoms with Crippen LogP contribution in [0.4, 0.5) is 0 Å². The van der Waals surface area contributed by atoms with Gasteiger partial charge in [-0.2, -0.15) is 0 Å². The Labute approximate surface area is 213 Å². The molecule has 0 aliphatic heterocycles. The number of halogens is 1. The van der Waals surface area contributed by atoms with Gasteiger partial charge in [0, 0.05) is 0 Å². The van der Waals surface area contributed by atoms with Crippen LogP contribution in [0.15, 0.2) is 0 Å². The van der Waals surface area contributed by atoms with Crippen LogP contribution in [-0.4, -0.2) is 20.8 Å². The van der Waals surface area contributed by atoms with Crippen LogP contribution in [0.25, 0.3) is 0 Å². The third-order valence-electron chi connectivity index (χ3n) is 6.29. The first-order valence-corrected chi connectivity index (χ1v) is 16.9. The van der Waals surface area contributed by atoms with Crippen LogP contribution < -0.4 is 0 Å². The number of phosphoric ester groups is 1. The van der Waals surface area contributed by atoms with Crippen LogP contribution in [0, 0.1) is 0 Å². The molecule has 0 fully saturated rings. The van der Waals surface area contributed by atoms with Crippen LogP contribution >= 0.6 is 30.4 Å². The molecule has 0 aromatic rings. The molecule has 194 valence electrons. The molecule has 0 radical (unpaired) electrons. The van der Waals surface area contributed by atoms with Crippen molar-refractivity contribution in [1.29, 1.82) is 0 Å². The van der Waals surface area contributed by atoms with Crippen LogP contribution in [0.1, 0.15) is 154 Å². The molecule has 0 aliphatic rings. The summed E-state index contributed by atoms with van der Waals surface area (Å²) < 4.78 is 16.3. The van der Waals surface area contributed by atoms with Gasteiger partial charge in [0.1, 0.15) is 0 Å². The largest absolute Gasteiger partial charge is 0.469 e. The number of alkyl halides is 1. The van der Waals surface area contributed by atoms with E-state index >= 15 is 0 Å². The molecule has 0 atom stereocenters. The van der Waals surface area contributed by atoms with Crippen molar-refractivity contribution < 1.29 is 18.9 Å².